The topological polar surface area (TPSA) is 139 Å². The molecule has 2 aliphatic rings. The molecule has 5 rings (SSSR count). The summed E-state index contributed by atoms with van der Waals surface area (Å²) in [5.41, 5.74) is -2.65. The maximum atomic E-state index is 14.8. The number of nitrogens with zero attached hydrogens (tertiary/aromatic N) is 4. The number of benzene rings is 1. The first-order valence-corrected chi connectivity index (χ1v) is 15.2. The molecule has 15 heteroatoms. The second-order valence-electron chi connectivity index (χ2n) is 11.9. The van der Waals surface area contributed by atoms with Crippen LogP contribution in [0.25, 0.3) is 0 Å². The molecule has 1 aromatic carbocycles. The minimum Gasteiger partial charge on any atom is -0.476 e. The fourth-order valence-corrected chi connectivity index (χ4v) is 7.03. The highest BCUT2D eigenvalue weighted by molar-refractivity contribution is 7.89. The van der Waals surface area contributed by atoms with Crippen LogP contribution in [0.4, 0.5) is 29.2 Å². The van der Waals surface area contributed by atoms with E-state index in [1.54, 1.807) is 18.6 Å². The van der Waals surface area contributed by atoms with Crippen LogP contribution in [0.3, 0.4) is 0 Å². The molecule has 2 saturated carbocycles. The number of hydrogen-bond donors (Lipinski definition) is 3. The highest BCUT2D eigenvalue weighted by Gasteiger charge is 2.66. The van der Waals surface area contributed by atoms with Crippen LogP contribution in [-0.4, -0.2) is 57.6 Å². The molecule has 0 radical (unpaired) electrons. The van der Waals surface area contributed by atoms with E-state index in [0.29, 0.717) is 18.4 Å². The van der Waals surface area contributed by atoms with Crippen molar-refractivity contribution in [1.82, 2.24) is 24.9 Å². The van der Waals surface area contributed by atoms with E-state index in [1.165, 1.54) is 13.0 Å². The predicted octanol–water partition coefficient (Wildman–Crippen LogP) is 4.97. The zero-order valence-corrected chi connectivity index (χ0v) is 24.5. The van der Waals surface area contributed by atoms with Crippen LogP contribution in [0.1, 0.15) is 69.4 Å². The molecule has 2 aromatic heterocycles. The van der Waals surface area contributed by atoms with Crippen molar-refractivity contribution in [3.8, 4) is 5.88 Å². The summed E-state index contributed by atoms with van der Waals surface area (Å²) in [4.78, 5) is 8.04. The Hall–Kier alpha value is -3.43. The lowest BCUT2D eigenvalue weighted by molar-refractivity contribution is -0.302. The van der Waals surface area contributed by atoms with E-state index >= 15 is 0 Å². The third-order valence-corrected chi connectivity index (χ3v) is 9.58. The van der Waals surface area contributed by atoms with Crippen molar-refractivity contribution in [2.24, 2.45) is 5.92 Å². The normalized spacial score (nSPS) is 25.6. The number of ether oxygens (including phenoxy) is 1. The fraction of sp³-hybridized carbons (Fsp3) is 0.500. The third-order valence-electron chi connectivity index (χ3n) is 7.94. The zero-order chi connectivity index (χ0) is 31.2. The van der Waals surface area contributed by atoms with Crippen LogP contribution < -0.4 is 14.8 Å². The van der Waals surface area contributed by atoms with Crippen LogP contribution >= 0.6 is 0 Å². The molecule has 0 aliphatic heterocycles. The molecule has 0 saturated heterocycles. The molecule has 0 atom stereocenters. The Morgan fingerprint density at radius 3 is 2.42 bits per heavy atom. The van der Waals surface area contributed by atoms with Crippen molar-refractivity contribution in [3.63, 3.8) is 0 Å². The molecule has 0 spiro atoms. The highest BCUT2D eigenvalue weighted by atomic mass is 32.2. The Balaban J connectivity index is 1.14. The van der Waals surface area contributed by atoms with E-state index in [2.05, 4.69) is 44.1 Å². The van der Waals surface area contributed by atoms with E-state index in [-0.39, 0.29) is 23.5 Å². The summed E-state index contributed by atoms with van der Waals surface area (Å²) in [6.07, 6.45) is 0.142. The largest absolute Gasteiger partial charge is 0.476 e. The summed E-state index contributed by atoms with van der Waals surface area (Å²) in [6.45, 7) is 5.92. The maximum Gasteiger partial charge on any atom is 0.417 e. The average Bonchev–Trinajstić information content (AvgIpc) is 2.88. The molecule has 0 bridgehead atoms. The maximum absolute atomic E-state index is 14.8. The van der Waals surface area contributed by atoms with E-state index in [9.17, 15) is 31.1 Å². The van der Waals surface area contributed by atoms with Gasteiger partial charge in [0.1, 0.15) is 5.82 Å². The Bertz CT molecular complexity index is 1570. The smallest absolute Gasteiger partial charge is 0.417 e. The van der Waals surface area contributed by atoms with Crippen LogP contribution in [0.15, 0.2) is 47.8 Å². The second-order valence-corrected chi connectivity index (χ2v) is 13.6. The van der Waals surface area contributed by atoms with Gasteiger partial charge in [-0.1, -0.05) is 13.8 Å². The molecular weight excluding hydrogens is 592 g/mol. The predicted molar refractivity (Wildman–Crippen MR) is 148 cm³/mol. The molecule has 10 nitrogen and oxygen atoms in total. The summed E-state index contributed by atoms with van der Waals surface area (Å²) in [7, 11) is -4.37. The zero-order valence-electron chi connectivity index (χ0n) is 23.7. The number of aromatic nitrogens is 4. The van der Waals surface area contributed by atoms with Crippen molar-refractivity contribution in [2.75, 3.05) is 11.9 Å². The molecule has 2 fully saturated rings. The first kappa shape index (κ1) is 31.0. The number of rotatable bonds is 10. The summed E-state index contributed by atoms with van der Waals surface area (Å²) >= 11 is 0. The van der Waals surface area contributed by atoms with Crippen molar-refractivity contribution < 1.29 is 35.8 Å². The quantitative estimate of drug-likeness (QED) is 0.267. The fourth-order valence-electron chi connectivity index (χ4n) is 5.61. The van der Waals surface area contributed by atoms with Gasteiger partial charge >= 0.3 is 6.18 Å². The summed E-state index contributed by atoms with van der Waals surface area (Å²) in [5.74, 6) is 0.618. The van der Waals surface area contributed by atoms with Gasteiger partial charge in [-0.3, -0.25) is 0 Å². The number of nitrogens with one attached hydrogen (secondary N) is 2. The minimum absolute atomic E-state index is 0.0846. The van der Waals surface area contributed by atoms with Gasteiger partial charge < -0.3 is 15.2 Å². The Morgan fingerprint density at radius 1 is 1.14 bits per heavy atom. The number of anilines is 2. The highest BCUT2D eigenvalue weighted by Crippen LogP contribution is 2.51. The molecule has 0 unspecified atom stereocenters. The van der Waals surface area contributed by atoms with Gasteiger partial charge in [0.2, 0.25) is 21.9 Å². The summed E-state index contributed by atoms with van der Waals surface area (Å²) < 4.78 is 87.3. The Labute approximate surface area is 246 Å². The lowest BCUT2D eigenvalue weighted by Crippen LogP contribution is -2.68. The van der Waals surface area contributed by atoms with Gasteiger partial charge in [0.05, 0.1) is 23.4 Å². The molecule has 2 aliphatic carbocycles. The summed E-state index contributed by atoms with van der Waals surface area (Å²) in [6, 6.07) is 4.94. The van der Waals surface area contributed by atoms with Crippen LogP contribution in [0.5, 0.6) is 5.88 Å². The number of halogens is 4. The molecular formula is C28H32F4N6O4S. The van der Waals surface area contributed by atoms with Gasteiger partial charge in [-0.2, -0.15) is 18.3 Å². The standard InChI is InChI=1S/C28H32F4N6O4S/c1-16(2)21-6-7-35-37-24(21)42-13-17-8-18(9-17)19-11-33-25(34-12-19)36-23-5-4-20(10-22(23)29)43(40,41)38-26(3)14-27(39,15-26)28(30,31)32/h4-7,10-12,16-18,38-39H,8-9,13-15H2,1-3H3,(H,33,34,36). The van der Waals surface area contributed by atoms with Gasteiger partial charge in [-0.05, 0) is 67.3 Å². The lowest BCUT2D eigenvalue weighted by atomic mass is 9.66. The second kappa shape index (κ2) is 11.2. The minimum atomic E-state index is -4.89. The van der Waals surface area contributed by atoms with Gasteiger partial charge in [0, 0.05) is 36.3 Å². The van der Waals surface area contributed by atoms with Crippen LogP contribution in [0, 0.1) is 11.7 Å². The van der Waals surface area contributed by atoms with Gasteiger partial charge in [0.15, 0.2) is 5.60 Å². The molecule has 3 aromatic rings. The molecule has 232 valence electrons. The SMILES string of the molecule is CC(C)c1ccnnc1OCC1CC(c2cnc(Nc3ccc(S(=O)(=O)NC4(C)CC(O)(C(F)(F)F)C4)cc3F)nc2)C1. The van der Waals surface area contributed by atoms with E-state index in [1.807, 2.05) is 6.07 Å². The first-order valence-electron chi connectivity index (χ1n) is 13.7. The third kappa shape index (κ3) is 6.58. The Kier molecular flexibility index (Phi) is 8.11. The van der Waals surface area contributed by atoms with E-state index in [4.69, 9.17) is 4.74 Å². The van der Waals surface area contributed by atoms with E-state index in [0.717, 1.165) is 36.1 Å². The van der Waals surface area contributed by atoms with Crippen molar-refractivity contribution in [3.05, 3.63) is 59.8 Å². The molecule has 0 amide bonds. The van der Waals surface area contributed by atoms with Gasteiger partial charge in [-0.25, -0.2) is 27.5 Å². The Morgan fingerprint density at radius 2 is 1.81 bits per heavy atom. The van der Waals surface area contributed by atoms with Gasteiger partial charge in [0.25, 0.3) is 0 Å². The van der Waals surface area contributed by atoms with E-state index < -0.39 is 50.9 Å². The molecule has 43 heavy (non-hydrogen) atoms. The van der Waals surface area contributed by atoms with Gasteiger partial charge in [-0.15, -0.1) is 5.10 Å². The average molecular weight is 625 g/mol. The van der Waals surface area contributed by atoms with Crippen molar-refractivity contribution >= 4 is 21.7 Å². The van der Waals surface area contributed by atoms with Crippen LogP contribution in [-0.2, 0) is 10.0 Å². The number of sulfonamides is 1. The monoisotopic (exact) mass is 624 g/mol. The van der Waals surface area contributed by atoms with Crippen LogP contribution in [0.2, 0.25) is 0 Å². The lowest BCUT2D eigenvalue weighted by Gasteiger charge is -2.51. The summed E-state index contributed by atoms with van der Waals surface area (Å²) in [5, 5.41) is 20.4. The number of hydrogen-bond acceptors (Lipinski definition) is 9. The molecule has 2 heterocycles. The van der Waals surface area contributed by atoms with Crippen molar-refractivity contribution in [1.29, 1.82) is 0 Å². The molecule has 3 N–H and O–H groups in total. The number of aliphatic hydroxyl groups is 1. The van der Waals surface area contributed by atoms with Crippen molar-refractivity contribution in [2.45, 2.75) is 80.5 Å². The first-order chi connectivity index (χ1) is 20.1. The number of alkyl halides is 3.